The van der Waals surface area contributed by atoms with E-state index in [1.165, 1.54) is 276 Å². The predicted molar refractivity (Wildman–Crippen MR) is 301 cm³/mol. The third-order valence-corrected chi connectivity index (χ3v) is 14.8. The lowest BCUT2D eigenvalue weighted by Crippen LogP contribution is -2.45. The molecule has 0 aliphatic carbocycles. The number of aliphatic hydroxyl groups is 2. The average molecular weight is 975 g/mol. The molecule has 2 atom stereocenters. The van der Waals surface area contributed by atoms with E-state index in [9.17, 15) is 19.8 Å². The first-order valence-corrected chi connectivity index (χ1v) is 31.4. The summed E-state index contributed by atoms with van der Waals surface area (Å²) in [5.41, 5.74) is 0. The van der Waals surface area contributed by atoms with Gasteiger partial charge in [0.15, 0.2) is 0 Å². The van der Waals surface area contributed by atoms with Crippen molar-refractivity contribution in [2.45, 2.75) is 366 Å². The fraction of sp³-hybridized carbons (Fsp3) is 0.937. The van der Waals surface area contributed by atoms with E-state index in [4.69, 9.17) is 4.74 Å². The zero-order valence-corrected chi connectivity index (χ0v) is 46.8. The second-order valence-electron chi connectivity index (χ2n) is 21.7. The molecule has 0 radical (unpaired) electrons. The first-order chi connectivity index (χ1) is 34.0. The number of hydrogen-bond acceptors (Lipinski definition) is 5. The van der Waals surface area contributed by atoms with Gasteiger partial charge in [0, 0.05) is 12.8 Å². The topological polar surface area (TPSA) is 95.9 Å². The van der Waals surface area contributed by atoms with Gasteiger partial charge >= 0.3 is 5.97 Å². The third-order valence-electron chi connectivity index (χ3n) is 14.8. The zero-order valence-electron chi connectivity index (χ0n) is 46.8. The Kier molecular flexibility index (Phi) is 58.0. The zero-order chi connectivity index (χ0) is 50.0. The number of allylic oxidation sites excluding steroid dienone is 2. The Bertz CT molecular complexity index is 1030. The standard InChI is InChI=1S/C63H123NO5/c1-3-5-7-9-11-13-36-41-45-49-53-57-63(68)69-58-54-50-46-42-38-35-33-31-29-27-25-23-21-19-17-15-14-16-18-20-22-24-26-28-30-32-34-37-40-44-48-52-56-62(67)64-60(59-65)61(66)55-51-47-43-39-12-10-8-6-4-2/h9,11,60-61,65-66H,3-8,10,12-59H2,1-2H3,(H,64,67)/b11-9-. The lowest BCUT2D eigenvalue weighted by atomic mass is 10.0. The second kappa shape index (κ2) is 59.2. The van der Waals surface area contributed by atoms with Crippen molar-refractivity contribution >= 4 is 11.9 Å². The molecular formula is C63H123NO5. The van der Waals surface area contributed by atoms with Crippen molar-refractivity contribution < 1.29 is 24.5 Å². The molecule has 0 aromatic carbocycles. The highest BCUT2D eigenvalue weighted by Crippen LogP contribution is 2.18. The fourth-order valence-corrected chi connectivity index (χ4v) is 9.98. The Morgan fingerprint density at radius 3 is 1.07 bits per heavy atom. The van der Waals surface area contributed by atoms with Crippen LogP contribution in [-0.4, -0.2) is 47.4 Å². The molecule has 69 heavy (non-hydrogen) atoms. The molecule has 410 valence electrons. The van der Waals surface area contributed by atoms with Crippen molar-refractivity contribution in [1.29, 1.82) is 0 Å². The van der Waals surface area contributed by atoms with Crippen molar-refractivity contribution in [3.63, 3.8) is 0 Å². The number of nitrogens with one attached hydrogen (secondary N) is 1. The first kappa shape index (κ1) is 67.6. The first-order valence-electron chi connectivity index (χ1n) is 31.4. The van der Waals surface area contributed by atoms with Crippen LogP contribution in [0.25, 0.3) is 0 Å². The van der Waals surface area contributed by atoms with Gasteiger partial charge in [0.25, 0.3) is 0 Å². The van der Waals surface area contributed by atoms with Crippen LogP contribution in [0.1, 0.15) is 354 Å². The Hall–Kier alpha value is -1.40. The number of esters is 1. The summed E-state index contributed by atoms with van der Waals surface area (Å²) in [7, 11) is 0. The molecule has 0 rings (SSSR count). The van der Waals surface area contributed by atoms with Crippen LogP contribution in [-0.2, 0) is 14.3 Å². The molecule has 0 heterocycles. The number of rotatable bonds is 59. The van der Waals surface area contributed by atoms with E-state index in [1.807, 2.05) is 0 Å². The van der Waals surface area contributed by atoms with E-state index < -0.39 is 12.1 Å². The van der Waals surface area contributed by atoms with Gasteiger partial charge < -0.3 is 20.3 Å². The maximum atomic E-state index is 12.4. The maximum absolute atomic E-state index is 12.4. The molecule has 0 aliphatic rings. The monoisotopic (exact) mass is 974 g/mol. The fourth-order valence-electron chi connectivity index (χ4n) is 9.98. The van der Waals surface area contributed by atoms with Gasteiger partial charge in [0.05, 0.1) is 25.4 Å². The molecule has 2 unspecified atom stereocenters. The van der Waals surface area contributed by atoms with Crippen LogP contribution >= 0.6 is 0 Å². The van der Waals surface area contributed by atoms with Crippen LogP contribution < -0.4 is 5.32 Å². The van der Waals surface area contributed by atoms with Crippen molar-refractivity contribution in [3.05, 3.63) is 12.2 Å². The molecule has 0 bridgehead atoms. The molecule has 0 saturated carbocycles. The number of amides is 1. The molecule has 6 heteroatoms. The molecular weight excluding hydrogens is 851 g/mol. The van der Waals surface area contributed by atoms with E-state index in [0.29, 0.717) is 25.9 Å². The predicted octanol–water partition coefficient (Wildman–Crippen LogP) is 19.6. The van der Waals surface area contributed by atoms with Gasteiger partial charge in [0.1, 0.15) is 0 Å². The Balaban J connectivity index is 3.28. The molecule has 0 aromatic rings. The molecule has 1 amide bonds. The lowest BCUT2D eigenvalue weighted by molar-refractivity contribution is -0.143. The van der Waals surface area contributed by atoms with Crippen LogP contribution in [0.3, 0.4) is 0 Å². The molecule has 0 aromatic heterocycles. The summed E-state index contributed by atoms with van der Waals surface area (Å²) >= 11 is 0. The lowest BCUT2D eigenvalue weighted by Gasteiger charge is -2.22. The Morgan fingerprint density at radius 1 is 0.391 bits per heavy atom. The minimum atomic E-state index is -0.657. The van der Waals surface area contributed by atoms with E-state index in [1.54, 1.807) is 0 Å². The molecule has 0 spiro atoms. The van der Waals surface area contributed by atoms with Crippen LogP contribution in [0.5, 0.6) is 0 Å². The Morgan fingerprint density at radius 2 is 0.696 bits per heavy atom. The van der Waals surface area contributed by atoms with Crippen LogP contribution in [0.4, 0.5) is 0 Å². The molecule has 3 N–H and O–H groups in total. The molecule has 0 saturated heterocycles. The summed E-state index contributed by atoms with van der Waals surface area (Å²) in [5.74, 6) is -0.0210. The molecule has 0 aliphatic heterocycles. The quantitative estimate of drug-likeness (QED) is 0.0321. The van der Waals surface area contributed by atoms with Gasteiger partial charge in [-0.05, 0) is 44.9 Å². The van der Waals surface area contributed by atoms with E-state index in [0.717, 1.165) is 44.9 Å². The van der Waals surface area contributed by atoms with Crippen molar-refractivity contribution in [3.8, 4) is 0 Å². The van der Waals surface area contributed by atoms with E-state index >= 15 is 0 Å². The summed E-state index contributed by atoms with van der Waals surface area (Å²) < 4.78 is 5.46. The van der Waals surface area contributed by atoms with Gasteiger partial charge in [-0.3, -0.25) is 9.59 Å². The summed E-state index contributed by atoms with van der Waals surface area (Å²) in [6.45, 7) is 4.92. The van der Waals surface area contributed by atoms with E-state index in [2.05, 4.69) is 31.3 Å². The normalized spacial score (nSPS) is 12.6. The molecule has 6 nitrogen and oxygen atoms in total. The van der Waals surface area contributed by atoms with Crippen LogP contribution in [0, 0.1) is 0 Å². The Labute approximate surface area is 431 Å². The summed E-state index contributed by atoms with van der Waals surface area (Å²) in [6, 6.07) is -0.534. The van der Waals surface area contributed by atoms with Crippen LogP contribution in [0.2, 0.25) is 0 Å². The maximum Gasteiger partial charge on any atom is 0.305 e. The van der Waals surface area contributed by atoms with Gasteiger partial charge in [0.2, 0.25) is 5.91 Å². The van der Waals surface area contributed by atoms with Gasteiger partial charge in [-0.1, -0.05) is 309 Å². The van der Waals surface area contributed by atoms with Gasteiger partial charge in [-0.25, -0.2) is 0 Å². The largest absolute Gasteiger partial charge is 0.466 e. The highest BCUT2D eigenvalue weighted by atomic mass is 16.5. The minimum absolute atomic E-state index is 0.0103. The van der Waals surface area contributed by atoms with E-state index in [-0.39, 0.29) is 18.5 Å². The summed E-state index contributed by atoms with van der Waals surface area (Å²) in [5, 5.41) is 23.1. The minimum Gasteiger partial charge on any atom is -0.466 e. The number of hydrogen-bond donors (Lipinski definition) is 3. The highest BCUT2D eigenvalue weighted by Gasteiger charge is 2.20. The average Bonchev–Trinajstić information content (AvgIpc) is 3.35. The third kappa shape index (κ3) is 55.8. The van der Waals surface area contributed by atoms with Gasteiger partial charge in [-0.15, -0.1) is 0 Å². The van der Waals surface area contributed by atoms with Gasteiger partial charge in [-0.2, -0.15) is 0 Å². The SMILES string of the molecule is CCCC/C=C\CCCCCCCC(=O)OCCCCCCCCCCCCCCCCCCCCCCCCCCCCCCCCCCC(=O)NC(CO)C(O)CCCCCCCCCCC. The van der Waals surface area contributed by atoms with Crippen LogP contribution in [0.15, 0.2) is 12.2 Å². The number of unbranched alkanes of at least 4 members (excludes halogenated alkanes) is 46. The highest BCUT2D eigenvalue weighted by molar-refractivity contribution is 5.76. The van der Waals surface area contributed by atoms with Crippen molar-refractivity contribution in [2.24, 2.45) is 0 Å². The number of aliphatic hydroxyl groups excluding tert-OH is 2. The number of carbonyl (C=O) groups excluding carboxylic acids is 2. The summed E-state index contributed by atoms with van der Waals surface area (Å²) in [6.07, 6.45) is 71.2. The number of ether oxygens (including phenoxy) is 1. The van der Waals surface area contributed by atoms with Crippen molar-refractivity contribution in [2.75, 3.05) is 13.2 Å². The van der Waals surface area contributed by atoms with Crippen molar-refractivity contribution in [1.82, 2.24) is 5.32 Å². The summed E-state index contributed by atoms with van der Waals surface area (Å²) in [4.78, 5) is 24.4. The second-order valence-corrected chi connectivity index (χ2v) is 21.7. The molecule has 0 fully saturated rings. The number of carbonyl (C=O) groups is 2. The smallest absolute Gasteiger partial charge is 0.305 e.